The van der Waals surface area contributed by atoms with Gasteiger partial charge < -0.3 is 10.6 Å². The van der Waals surface area contributed by atoms with Crippen LogP contribution in [0.5, 0.6) is 0 Å². The van der Waals surface area contributed by atoms with E-state index in [1.807, 2.05) is 62.5 Å². The Bertz CT molecular complexity index is 861. The molecule has 1 amide bonds. The molecular formula is C21H23N3OS. The molecule has 3 aromatic rings. The van der Waals surface area contributed by atoms with Crippen LogP contribution < -0.4 is 5.73 Å². The van der Waals surface area contributed by atoms with Crippen LogP contribution in [0.3, 0.4) is 0 Å². The molecule has 0 saturated carbocycles. The van der Waals surface area contributed by atoms with Gasteiger partial charge in [0.25, 0.3) is 5.91 Å². The van der Waals surface area contributed by atoms with Gasteiger partial charge in [0, 0.05) is 19.6 Å². The average molecular weight is 366 g/mol. The van der Waals surface area contributed by atoms with Crippen molar-refractivity contribution < 1.29 is 4.79 Å². The summed E-state index contributed by atoms with van der Waals surface area (Å²) in [5.74, 6) is -0.0837. The highest BCUT2D eigenvalue weighted by Gasteiger charge is 2.25. The third kappa shape index (κ3) is 4.00. The van der Waals surface area contributed by atoms with Crippen LogP contribution in [0.1, 0.15) is 21.1 Å². The molecule has 0 aliphatic carbocycles. The number of hydrogen-bond acceptors (Lipinski definition) is 4. The van der Waals surface area contributed by atoms with E-state index in [9.17, 15) is 4.79 Å². The molecule has 0 unspecified atom stereocenters. The molecule has 3 rings (SSSR count). The SMILES string of the molecule is Cc1nc(C(=O)N(C)[C@@H](CN)Cc2ccccc2)c(-c2ccccc2)s1. The topological polar surface area (TPSA) is 59.2 Å². The number of carbonyl (C=O) groups is 1. The van der Waals surface area contributed by atoms with Crippen LogP contribution in [-0.4, -0.2) is 35.4 Å². The van der Waals surface area contributed by atoms with Crippen molar-refractivity contribution in [2.24, 2.45) is 5.73 Å². The highest BCUT2D eigenvalue weighted by atomic mass is 32.1. The molecule has 0 aliphatic heterocycles. The minimum Gasteiger partial charge on any atom is -0.336 e. The Morgan fingerprint density at radius 3 is 2.35 bits per heavy atom. The van der Waals surface area contributed by atoms with Gasteiger partial charge in [-0.25, -0.2) is 4.98 Å². The van der Waals surface area contributed by atoms with Gasteiger partial charge in [0.15, 0.2) is 0 Å². The normalized spacial score (nSPS) is 12.0. The van der Waals surface area contributed by atoms with Crippen molar-refractivity contribution in [3.63, 3.8) is 0 Å². The number of nitrogens with two attached hydrogens (primary N) is 1. The number of aryl methyl sites for hydroxylation is 1. The molecule has 1 atom stereocenters. The molecule has 1 aromatic heterocycles. The summed E-state index contributed by atoms with van der Waals surface area (Å²) in [6.45, 7) is 2.33. The Labute approximate surface area is 158 Å². The summed E-state index contributed by atoms with van der Waals surface area (Å²) in [5.41, 5.74) is 8.67. The maximum absolute atomic E-state index is 13.2. The molecule has 134 valence electrons. The van der Waals surface area contributed by atoms with E-state index in [0.29, 0.717) is 12.2 Å². The number of rotatable bonds is 6. The lowest BCUT2D eigenvalue weighted by atomic mass is 10.0. The van der Waals surface area contributed by atoms with Gasteiger partial charge in [0.05, 0.1) is 9.88 Å². The fraction of sp³-hybridized carbons (Fsp3) is 0.238. The van der Waals surface area contributed by atoms with E-state index in [4.69, 9.17) is 5.73 Å². The van der Waals surface area contributed by atoms with Crippen LogP contribution in [-0.2, 0) is 6.42 Å². The van der Waals surface area contributed by atoms with E-state index in [1.54, 1.807) is 16.2 Å². The van der Waals surface area contributed by atoms with Crippen LogP contribution in [0.2, 0.25) is 0 Å². The number of benzene rings is 2. The highest BCUT2D eigenvalue weighted by molar-refractivity contribution is 7.15. The second-order valence-electron chi connectivity index (χ2n) is 6.27. The Balaban J connectivity index is 1.86. The second-order valence-corrected chi connectivity index (χ2v) is 7.48. The third-order valence-electron chi connectivity index (χ3n) is 4.43. The first-order chi connectivity index (χ1) is 12.6. The van der Waals surface area contributed by atoms with Gasteiger partial charge in [-0.2, -0.15) is 0 Å². The summed E-state index contributed by atoms with van der Waals surface area (Å²) in [4.78, 5) is 20.3. The van der Waals surface area contributed by atoms with E-state index in [2.05, 4.69) is 17.1 Å². The summed E-state index contributed by atoms with van der Waals surface area (Å²) in [6.07, 6.45) is 0.726. The first-order valence-corrected chi connectivity index (χ1v) is 9.45. The van der Waals surface area contributed by atoms with Crippen molar-refractivity contribution in [3.05, 3.63) is 76.9 Å². The van der Waals surface area contributed by atoms with E-state index < -0.39 is 0 Å². The standard InChI is InChI=1S/C21H23N3OS/c1-15-23-19(20(26-15)17-11-7-4-8-12-17)21(25)24(2)18(14-22)13-16-9-5-3-6-10-16/h3-12,18H,13-14,22H2,1-2H3/t18-/m1/s1. The number of thiazole rings is 1. The van der Waals surface area contributed by atoms with Crippen molar-refractivity contribution >= 4 is 17.2 Å². The molecule has 26 heavy (non-hydrogen) atoms. The zero-order chi connectivity index (χ0) is 18.5. The fourth-order valence-electron chi connectivity index (χ4n) is 2.95. The molecular weight excluding hydrogens is 342 g/mol. The van der Waals surface area contributed by atoms with Gasteiger partial charge >= 0.3 is 0 Å². The maximum atomic E-state index is 13.2. The van der Waals surface area contributed by atoms with Crippen LogP contribution in [0.15, 0.2) is 60.7 Å². The Hall–Kier alpha value is -2.50. The monoisotopic (exact) mass is 365 g/mol. The van der Waals surface area contributed by atoms with Gasteiger partial charge in [-0.3, -0.25) is 4.79 Å². The molecule has 4 nitrogen and oxygen atoms in total. The van der Waals surface area contributed by atoms with Crippen molar-refractivity contribution in [1.82, 2.24) is 9.88 Å². The number of aromatic nitrogens is 1. The van der Waals surface area contributed by atoms with Crippen molar-refractivity contribution in [2.75, 3.05) is 13.6 Å². The first-order valence-electron chi connectivity index (χ1n) is 8.64. The van der Waals surface area contributed by atoms with Gasteiger partial charge in [-0.15, -0.1) is 11.3 Å². The quantitative estimate of drug-likeness (QED) is 0.723. The van der Waals surface area contributed by atoms with E-state index in [1.165, 1.54) is 5.56 Å². The largest absolute Gasteiger partial charge is 0.336 e. The average Bonchev–Trinajstić information content (AvgIpc) is 3.08. The molecule has 1 heterocycles. The molecule has 2 aromatic carbocycles. The van der Waals surface area contributed by atoms with Gasteiger partial charge in [0.2, 0.25) is 0 Å². The molecule has 0 fully saturated rings. The minimum atomic E-state index is -0.0837. The van der Waals surface area contributed by atoms with E-state index in [0.717, 1.165) is 21.9 Å². The van der Waals surface area contributed by atoms with E-state index in [-0.39, 0.29) is 11.9 Å². The second kappa shape index (κ2) is 8.25. The lowest BCUT2D eigenvalue weighted by Gasteiger charge is -2.27. The Morgan fingerprint density at radius 1 is 1.12 bits per heavy atom. The van der Waals surface area contributed by atoms with E-state index >= 15 is 0 Å². The van der Waals surface area contributed by atoms with Gasteiger partial charge in [-0.05, 0) is 24.5 Å². The smallest absolute Gasteiger partial charge is 0.274 e. The predicted octanol–water partition coefficient (Wildman–Crippen LogP) is 3.76. The first kappa shape index (κ1) is 18.3. The summed E-state index contributed by atoms with van der Waals surface area (Å²) >= 11 is 1.55. The zero-order valence-corrected chi connectivity index (χ0v) is 15.9. The molecule has 0 bridgehead atoms. The van der Waals surface area contributed by atoms with Crippen LogP contribution in [0, 0.1) is 6.92 Å². The molecule has 0 spiro atoms. The number of amides is 1. The molecule has 2 N–H and O–H groups in total. The summed E-state index contributed by atoms with van der Waals surface area (Å²) < 4.78 is 0. The lowest BCUT2D eigenvalue weighted by molar-refractivity contribution is 0.0731. The minimum absolute atomic E-state index is 0.0736. The van der Waals surface area contributed by atoms with Crippen molar-refractivity contribution in [2.45, 2.75) is 19.4 Å². The van der Waals surface area contributed by atoms with Gasteiger partial charge in [0.1, 0.15) is 5.69 Å². The zero-order valence-electron chi connectivity index (χ0n) is 15.1. The summed E-state index contributed by atoms with van der Waals surface area (Å²) in [5, 5.41) is 0.882. The predicted molar refractivity (Wildman–Crippen MR) is 107 cm³/mol. The summed E-state index contributed by atoms with van der Waals surface area (Å²) in [7, 11) is 1.81. The lowest BCUT2D eigenvalue weighted by Crippen LogP contribution is -2.43. The maximum Gasteiger partial charge on any atom is 0.274 e. The molecule has 0 aliphatic rings. The van der Waals surface area contributed by atoms with Crippen molar-refractivity contribution in [3.8, 4) is 10.4 Å². The summed E-state index contributed by atoms with van der Waals surface area (Å²) in [6, 6.07) is 20.0. The number of hydrogen-bond donors (Lipinski definition) is 1. The fourth-order valence-corrected chi connectivity index (χ4v) is 3.87. The Morgan fingerprint density at radius 2 is 1.73 bits per heavy atom. The van der Waals surface area contributed by atoms with Crippen LogP contribution in [0.25, 0.3) is 10.4 Å². The highest BCUT2D eigenvalue weighted by Crippen LogP contribution is 2.31. The molecule has 5 heteroatoms. The third-order valence-corrected chi connectivity index (χ3v) is 5.45. The Kier molecular flexibility index (Phi) is 5.81. The van der Waals surface area contributed by atoms with Crippen LogP contribution >= 0.6 is 11.3 Å². The number of carbonyl (C=O) groups excluding carboxylic acids is 1. The van der Waals surface area contributed by atoms with Gasteiger partial charge in [-0.1, -0.05) is 60.7 Å². The van der Waals surface area contributed by atoms with Crippen LogP contribution in [0.4, 0.5) is 0 Å². The number of nitrogens with zero attached hydrogens (tertiary/aromatic N) is 2. The van der Waals surface area contributed by atoms with Crippen molar-refractivity contribution in [1.29, 1.82) is 0 Å². The number of likely N-dealkylation sites (N-methyl/N-ethyl adjacent to an activating group) is 1. The molecule has 0 saturated heterocycles. The molecule has 0 radical (unpaired) electrons.